The van der Waals surface area contributed by atoms with Gasteiger partial charge in [-0.1, -0.05) is 12.1 Å². The molecule has 2 N–H and O–H groups in total. The van der Waals surface area contributed by atoms with Crippen molar-refractivity contribution < 1.29 is 4.74 Å². The van der Waals surface area contributed by atoms with E-state index in [1.807, 2.05) is 31.2 Å². The van der Waals surface area contributed by atoms with Gasteiger partial charge in [0.1, 0.15) is 12.4 Å². The minimum absolute atomic E-state index is 0.197. The van der Waals surface area contributed by atoms with Crippen molar-refractivity contribution in [2.45, 2.75) is 32.4 Å². The van der Waals surface area contributed by atoms with Crippen molar-refractivity contribution in [3.05, 3.63) is 58.9 Å². The predicted molar refractivity (Wildman–Crippen MR) is 75.0 cm³/mol. The normalized spacial score (nSPS) is 17.3. The number of benzene rings is 1. The fourth-order valence-electron chi connectivity index (χ4n) is 2.55. The van der Waals surface area contributed by atoms with E-state index in [4.69, 9.17) is 10.5 Å². The van der Waals surface area contributed by atoms with E-state index in [9.17, 15) is 0 Å². The van der Waals surface area contributed by atoms with Crippen molar-refractivity contribution in [3.63, 3.8) is 0 Å². The summed E-state index contributed by atoms with van der Waals surface area (Å²) >= 11 is 0. The Hall–Kier alpha value is -1.87. The van der Waals surface area contributed by atoms with E-state index in [-0.39, 0.29) is 6.04 Å². The van der Waals surface area contributed by atoms with Gasteiger partial charge in [0.25, 0.3) is 0 Å². The van der Waals surface area contributed by atoms with Crippen LogP contribution in [0.15, 0.2) is 36.4 Å². The maximum atomic E-state index is 6.03. The summed E-state index contributed by atoms with van der Waals surface area (Å²) in [7, 11) is 0. The molecule has 0 spiro atoms. The number of hydrogen-bond acceptors (Lipinski definition) is 3. The Bertz CT molecular complexity index is 595. The second kappa shape index (κ2) is 5.02. The summed E-state index contributed by atoms with van der Waals surface area (Å²) in [6.07, 6.45) is 2.09. The molecule has 0 radical (unpaired) electrons. The Morgan fingerprint density at radius 2 is 2.21 bits per heavy atom. The first-order valence-corrected chi connectivity index (χ1v) is 6.66. The molecule has 0 unspecified atom stereocenters. The highest BCUT2D eigenvalue weighted by Crippen LogP contribution is 2.31. The van der Waals surface area contributed by atoms with Gasteiger partial charge in [-0.15, -0.1) is 0 Å². The summed E-state index contributed by atoms with van der Waals surface area (Å²) in [5.74, 6) is 0.899. The molecule has 1 atom stereocenters. The third-order valence-corrected chi connectivity index (χ3v) is 3.57. The second-order valence-electron chi connectivity index (χ2n) is 5.06. The lowest BCUT2D eigenvalue weighted by Crippen LogP contribution is -2.05. The van der Waals surface area contributed by atoms with Gasteiger partial charge in [-0.25, -0.2) is 0 Å². The minimum atomic E-state index is 0.197. The Morgan fingerprint density at radius 3 is 3.05 bits per heavy atom. The number of nitrogens with zero attached hydrogens (tertiary/aromatic N) is 1. The number of fused-ring (bicyclic) bond motifs is 1. The largest absolute Gasteiger partial charge is 0.487 e. The zero-order chi connectivity index (χ0) is 13.2. The van der Waals surface area contributed by atoms with Gasteiger partial charge in [0.2, 0.25) is 0 Å². The molecule has 1 aliphatic carbocycles. The van der Waals surface area contributed by atoms with Crippen LogP contribution < -0.4 is 10.5 Å². The van der Waals surface area contributed by atoms with E-state index >= 15 is 0 Å². The number of aryl methyl sites for hydroxylation is 2. The van der Waals surface area contributed by atoms with E-state index < -0.39 is 0 Å². The zero-order valence-corrected chi connectivity index (χ0v) is 11.1. The van der Waals surface area contributed by atoms with Gasteiger partial charge in [0, 0.05) is 11.7 Å². The molecule has 98 valence electrons. The molecule has 0 aliphatic heterocycles. The molecular weight excluding hydrogens is 236 g/mol. The summed E-state index contributed by atoms with van der Waals surface area (Å²) in [5.41, 5.74) is 10.6. The van der Waals surface area contributed by atoms with Crippen molar-refractivity contribution in [3.8, 4) is 5.75 Å². The van der Waals surface area contributed by atoms with Crippen LogP contribution in [0.5, 0.6) is 5.75 Å². The summed E-state index contributed by atoms with van der Waals surface area (Å²) in [6.45, 7) is 2.49. The molecule has 0 saturated carbocycles. The molecular formula is C16H18N2O. The Balaban J connectivity index is 1.71. The standard InChI is InChI=1S/C16H18N2O/c1-11-3-2-4-13(18-11)10-19-14-6-7-15-12(9-14)5-8-16(15)17/h2-4,6-7,9,16H,5,8,10,17H2,1H3/t16-/m1/s1. The minimum Gasteiger partial charge on any atom is -0.487 e. The van der Waals surface area contributed by atoms with E-state index in [1.54, 1.807) is 0 Å². The molecule has 0 fully saturated rings. The first-order chi connectivity index (χ1) is 9.22. The van der Waals surface area contributed by atoms with Crippen molar-refractivity contribution in [2.75, 3.05) is 0 Å². The highest BCUT2D eigenvalue weighted by atomic mass is 16.5. The van der Waals surface area contributed by atoms with E-state index in [2.05, 4.69) is 17.1 Å². The average molecular weight is 254 g/mol. The molecule has 1 aliphatic rings. The molecule has 0 amide bonds. The van der Waals surface area contributed by atoms with Gasteiger partial charge >= 0.3 is 0 Å². The van der Waals surface area contributed by atoms with Crippen LogP contribution in [0.3, 0.4) is 0 Å². The van der Waals surface area contributed by atoms with Crippen LogP contribution in [0, 0.1) is 6.92 Å². The van der Waals surface area contributed by atoms with Crippen molar-refractivity contribution in [1.29, 1.82) is 0 Å². The number of rotatable bonds is 3. The summed E-state index contributed by atoms with van der Waals surface area (Å²) < 4.78 is 5.80. The fraction of sp³-hybridized carbons (Fsp3) is 0.312. The molecule has 0 bridgehead atoms. The molecule has 1 aromatic carbocycles. The molecule has 19 heavy (non-hydrogen) atoms. The zero-order valence-electron chi connectivity index (χ0n) is 11.1. The number of ether oxygens (including phenoxy) is 1. The number of aromatic nitrogens is 1. The van der Waals surface area contributed by atoms with E-state index in [0.29, 0.717) is 6.61 Å². The highest BCUT2D eigenvalue weighted by Gasteiger charge is 2.19. The number of pyridine rings is 1. The smallest absolute Gasteiger partial charge is 0.130 e. The van der Waals surface area contributed by atoms with Crippen LogP contribution >= 0.6 is 0 Å². The SMILES string of the molecule is Cc1cccc(COc2ccc3c(c2)CC[C@H]3N)n1. The third kappa shape index (κ3) is 2.61. The molecule has 1 aromatic heterocycles. The van der Waals surface area contributed by atoms with Crippen molar-refractivity contribution in [2.24, 2.45) is 5.73 Å². The lowest BCUT2D eigenvalue weighted by molar-refractivity contribution is 0.301. The molecule has 3 nitrogen and oxygen atoms in total. The fourth-order valence-corrected chi connectivity index (χ4v) is 2.55. The topological polar surface area (TPSA) is 48.1 Å². The van der Waals surface area contributed by atoms with Gasteiger partial charge in [-0.3, -0.25) is 4.98 Å². The summed E-state index contributed by atoms with van der Waals surface area (Å²) in [5, 5.41) is 0. The monoisotopic (exact) mass is 254 g/mol. The molecule has 3 heteroatoms. The van der Waals surface area contributed by atoms with Gasteiger partial charge in [-0.05, 0) is 55.2 Å². The lowest BCUT2D eigenvalue weighted by Gasteiger charge is -2.09. The number of nitrogens with two attached hydrogens (primary N) is 1. The van der Waals surface area contributed by atoms with Crippen LogP contribution in [-0.2, 0) is 13.0 Å². The average Bonchev–Trinajstić information content (AvgIpc) is 2.78. The highest BCUT2D eigenvalue weighted by molar-refractivity contribution is 5.40. The van der Waals surface area contributed by atoms with E-state index in [1.165, 1.54) is 11.1 Å². The summed E-state index contributed by atoms with van der Waals surface area (Å²) in [6, 6.07) is 12.4. The Kier molecular flexibility index (Phi) is 3.22. The van der Waals surface area contributed by atoms with Crippen LogP contribution in [0.1, 0.15) is 35.0 Å². The van der Waals surface area contributed by atoms with Crippen LogP contribution in [-0.4, -0.2) is 4.98 Å². The van der Waals surface area contributed by atoms with Crippen molar-refractivity contribution >= 4 is 0 Å². The second-order valence-corrected chi connectivity index (χ2v) is 5.06. The van der Waals surface area contributed by atoms with Crippen LogP contribution in [0.2, 0.25) is 0 Å². The lowest BCUT2D eigenvalue weighted by atomic mass is 10.1. The maximum absolute atomic E-state index is 6.03. The molecule has 1 heterocycles. The van der Waals surface area contributed by atoms with Gasteiger partial charge < -0.3 is 10.5 Å². The molecule has 3 rings (SSSR count). The van der Waals surface area contributed by atoms with Crippen LogP contribution in [0.25, 0.3) is 0 Å². The predicted octanol–water partition coefficient (Wildman–Crippen LogP) is 2.92. The van der Waals surface area contributed by atoms with E-state index in [0.717, 1.165) is 30.0 Å². The number of hydrogen-bond donors (Lipinski definition) is 1. The maximum Gasteiger partial charge on any atom is 0.130 e. The first kappa shape index (κ1) is 12.2. The Labute approximate surface area is 113 Å². The molecule has 2 aromatic rings. The Morgan fingerprint density at radius 1 is 1.32 bits per heavy atom. The van der Waals surface area contributed by atoms with Crippen molar-refractivity contribution in [1.82, 2.24) is 4.98 Å². The quantitative estimate of drug-likeness (QED) is 0.916. The third-order valence-electron chi connectivity index (χ3n) is 3.57. The van der Waals surface area contributed by atoms with Crippen LogP contribution in [0.4, 0.5) is 0 Å². The molecule has 0 saturated heterocycles. The first-order valence-electron chi connectivity index (χ1n) is 6.66. The van der Waals surface area contributed by atoms with Gasteiger partial charge in [0.05, 0.1) is 5.69 Å². The summed E-state index contributed by atoms with van der Waals surface area (Å²) in [4.78, 5) is 4.43. The van der Waals surface area contributed by atoms with Gasteiger partial charge in [0.15, 0.2) is 0 Å². The van der Waals surface area contributed by atoms with Gasteiger partial charge in [-0.2, -0.15) is 0 Å².